The summed E-state index contributed by atoms with van der Waals surface area (Å²) in [4.78, 5) is 10.0. The minimum absolute atomic E-state index is 0.107. The summed E-state index contributed by atoms with van der Waals surface area (Å²) < 4.78 is 0. The third-order valence-electron chi connectivity index (χ3n) is 1.92. The second-order valence-corrected chi connectivity index (χ2v) is 3.36. The van der Waals surface area contributed by atoms with E-state index in [4.69, 9.17) is 5.26 Å². The van der Waals surface area contributed by atoms with Gasteiger partial charge in [-0.3, -0.25) is 10.1 Å². The first-order valence-corrected chi connectivity index (χ1v) is 4.96. The monoisotopic (exact) mass is 254 g/mol. The Morgan fingerprint density at radius 2 is 2.29 bits per heavy atom. The molecule has 0 aliphatic carbocycles. The molecule has 0 aliphatic rings. The summed E-state index contributed by atoms with van der Waals surface area (Å²) in [5.41, 5.74) is 1.68. The van der Waals surface area contributed by atoms with Crippen molar-refractivity contribution < 1.29 is 4.92 Å². The first kappa shape index (κ1) is 10.7. The SMILES string of the molecule is Cc1cc([N+](=O)[O-])c(C#N)cc1CBr. The van der Waals surface area contributed by atoms with Gasteiger partial charge in [0.05, 0.1) is 4.92 Å². The van der Waals surface area contributed by atoms with Gasteiger partial charge < -0.3 is 0 Å². The van der Waals surface area contributed by atoms with Gasteiger partial charge in [-0.1, -0.05) is 15.9 Å². The second kappa shape index (κ2) is 4.20. The molecule has 0 aromatic heterocycles. The molecule has 0 amide bonds. The average molecular weight is 255 g/mol. The number of hydrogen-bond acceptors (Lipinski definition) is 3. The van der Waals surface area contributed by atoms with E-state index in [1.54, 1.807) is 13.0 Å². The topological polar surface area (TPSA) is 66.9 Å². The highest BCUT2D eigenvalue weighted by Crippen LogP contribution is 2.23. The molecule has 72 valence electrons. The number of benzene rings is 1. The van der Waals surface area contributed by atoms with Crippen LogP contribution in [0.5, 0.6) is 0 Å². The zero-order chi connectivity index (χ0) is 10.7. The number of alkyl halides is 1. The Labute approximate surface area is 89.4 Å². The van der Waals surface area contributed by atoms with Crippen molar-refractivity contribution in [1.29, 1.82) is 5.26 Å². The Morgan fingerprint density at radius 3 is 2.71 bits per heavy atom. The quantitative estimate of drug-likeness (QED) is 0.463. The number of halogens is 1. The molecule has 14 heavy (non-hydrogen) atoms. The van der Waals surface area contributed by atoms with E-state index in [2.05, 4.69) is 15.9 Å². The lowest BCUT2D eigenvalue weighted by Crippen LogP contribution is -1.95. The number of nitro benzene ring substituents is 1. The maximum Gasteiger partial charge on any atom is 0.287 e. The van der Waals surface area contributed by atoms with Crippen LogP contribution in [0.3, 0.4) is 0 Å². The highest BCUT2D eigenvalue weighted by molar-refractivity contribution is 9.08. The minimum atomic E-state index is -0.538. The first-order valence-electron chi connectivity index (χ1n) is 3.84. The lowest BCUT2D eigenvalue weighted by Gasteiger charge is -2.02. The van der Waals surface area contributed by atoms with Crippen LogP contribution >= 0.6 is 15.9 Å². The van der Waals surface area contributed by atoms with Crippen molar-refractivity contribution in [1.82, 2.24) is 0 Å². The van der Waals surface area contributed by atoms with E-state index in [9.17, 15) is 10.1 Å². The van der Waals surface area contributed by atoms with E-state index < -0.39 is 4.92 Å². The largest absolute Gasteiger partial charge is 0.287 e. The molecule has 0 saturated carbocycles. The molecule has 0 fully saturated rings. The molecule has 0 saturated heterocycles. The molecule has 0 bridgehead atoms. The number of rotatable bonds is 2. The van der Waals surface area contributed by atoms with E-state index in [0.29, 0.717) is 5.33 Å². The van der Waals surface area contributed by atoms with Crippen LogP contribution in [0.4, 0.5) is 5.69 Å². The van der Waals surface area contributed by atoms with Crippen molar-refractivity contribution in [2.45, 2.75) is 12.3 Å². The van der Waals surface area contributed by atoms with E-state index in [-0.39, 0.29) is 11.3 Å². The number of nitrogens with zero attached hydrogens (tertiary/aromatic N) is 2. The lowest BCUT2D eigenvalue weighted by atomic mass is 10.1. The number of aryl methyl sites for hydroxylation is 1. The molecule has 4 nitrogen and oxygen atoms in total. The highest BCUT2D eigenvalue weighted by atomic mass is 79.9. The van der Waals surface area contributed by atoms with Crippen LogP contribution in [-0.2, 0) is 5.33 Å². The average Bonchev–Trinajstić information content (AvgIpc) is 2.17. The van der Waals surface area contributed by atoms with Gasteiger partial charge in [0.25, 0.3) is 5.69 Å². The molecule has 0 spiro atoms. The van der Waals surface area contributed by atoms with Crippen molar-refractivity contribution >= 4 is 21.6 Å². The van der Waals surface area contributed by atoms with Crippen molar-refractivity contribution in [2.24, 2.45) is 0 Å². The van der Waals surface area contributed by atoms with Crippen LogP contribution in [-0.4, -0.2) is 4.92 Å². The summed E-state index contributed by atoms with van der Waals surface area (Å²) >= 11 is 3.25. The third-order valence-corrected chi connectivity index (χ3v) is 2.52. The third kappa shape index (κ3) is 1.91. The molecule has 0 aliphatic heterocycles. The van der Waals surface area contributed by atoms with Crippen molar-refractivity contribution in [2.75, 3.05) is 0 Å². The fourth-order valence-electron chi connectivity index (χ4n) is 1.12. The summed E-state index contributed by atoms with van der Waals surface area (Å²) in [6, 6.07) is 4.79. The van der Waals surface area contributed by atoms with Gasteiger partial charge in [0, 0.05) is 11.4 Å². The van der Waals surface area contributed by atoms with Crippen LogP contribution in [0, 0.1) is 28.4 Å². The fraction of sp³-hybridized carbons (Fsp3) is 0.222. The second-order valence-electron chi connectivity index (χ2n) is 2.80. The van der Waals surface area contributed by atoms with Gasteiger partial charge in [-0.05, 0) is 24.1 Å². The van der Waals surface area contributed by atoms with Gasteiger partial charge in [-0.15, -0.1) is 0 Å². The first-order chi connectivity index (χ1) is 6.60. The Morgan fingerprint density at radius 1 is 1.64 bits per heavy atom. The number of nitro groups is 1. The predicted molar refractivity (Wildman–Crippen MR) is 55.2 cm³/mol. The highest BCUT2D eigenvalue weighted by Gasteiger charge is 2.15. The molecule has 1 rings (SSSR count). The summed E-state index contributed by atoms with van der Waals surface area (Å²) in [6.07, 6.45) is 0. The van der Waals surface area contributed by atoms with Crippen LogP contribution in [0.15, 0.2) is 12.1 Å². The standard InChI is InChI=1S/C9H7BrN2O2/c1-6-2-9(12(13)14)8(5-11)3-7(6)4-10/h2-3H,4H2,1H3. The number of hydrogen-bond donors (Lipinski definition) is 0. The lowest BCUT2D eigenvalue weighted by molar-refractivity contribution is -0.385. The maximum absolute atomic E-state index is 10.6. The van der Waals surface area contributed by atoms with Crippen molar-refractivity contribution in [3.8, 4) is 6.07 Å². The predicted octanol–water partition coefficient (Wildman–Crippen LogP) is 2.67. The number of nitriles is 1. The van der Waals surface area contributed by atoms with E-state index >= 15 is 0 Å². The zero-order valence-electron chi connectivity index (χ0n) is 7.45. The van der Waals surface area contributed by atoms with Crippen LogP contribution in [0.2, 0.25) is 0 Å². The molecular formula is C9H7BrN2O2. The Hall–Kier alpha value is -1.41. The molecule has 0 unspecified atom stereocenters. The van der Waals surface area contributed by atoms with Gasteiger partial charge in [0.1, 0.15) is 11.6 Å². The molecule has 1 aromatic rings. The normalized spacial score (nSPS) is 9.50. The Bertz CT molecular complexity index is 424. The van der Waals surface area contributed by atoms with Crippen molar-refractivity contribution in [3.63, 3.8) is 0 Å². The van der Waals surface area contributed by atoms with Crippen molar-refractivity contribution in [3.05, 3.63) is 38.9 Å². The fourth-order valence-corrected chi connectivity index (χ4v) is 1.73. The Kier molecular flexibility index (Phi) is 3.20. The molecular weight excluding hydrogens is 248 g/mol. The molecule has 0 radical (unpaired) electrons. The molecule has 0 atom stereocenters. The van der Waals surface area contributed by atoms with Gasteiger partial charge in [-0.2, -0.15) is 5.26 Å². The minimum Gasteiger partial charge on any atom is -0.258 e. The molecule has 5 heteroatoms. The Balaban J connectivity index is 3.41. The summed E-state index contributed by atoms with van der Waals surface area (Å²) in [5.74, 6) is 0. The van der Waals surface area contributed by atoms with Crippen LogP contribution in [0.1, 0.15) is 16.7 Å². The maximum atomic E-state index is 10.6. The van der Waals surface area contributed by atoms with E-state index in [1.807, 2.05) is 6.07 Å². The molecule has 0 N–H and O–H groups in total. The zero-order valence-corrected chi connectivity index (χ0v) is 9.04. The summed E-state index contributed by atoms with van der Waals surface area (Å²) in [6.45, 7) is 1.78. The van der Waals surface area contributed by atoms with Crippen LogP contribution in [0.25, 0.3) is 0 Å². The van der Waals surface area contributed by atoms with Crippen LogP contribution < -0.4 is 0 Å². The van der Waals surface area contributed by atoms with Gasteiger partial charge >= 0.3 is 0 Å². The van der Waals surface area contributed by atoms with Gasteiger partial charge in [0.2, 0.25) is 0 Å². The van der Waals surface area contributed by atoms with E-state index in [0.717, 1.165) is 11.1 Å². The molecule has 0 heterocycles. The smallest absolute Gasteiger partial charge is 0.258 e. The van der Waals surface area contributed by atoms with E-state index in [1.165, 1.54) is 6.07 Å². The molecule has 1 aromatic carbocycles. The van der Waals surface area contributed by atoms with Gasteiger partial charge in [-0.25, -0.2) is 0 Å². The van der Waals surface area contributed by atoms with Gasteiger partial charge in [0.15, 0.2) is 0 Å². The summed E-state index contributed by atoms with van der Waals surface area (Å²) in [5, 5.41) is 19.9. The summed E-state index contributed by atoms with van der Waals surface area (Å²) in [7, 11) is 0.